The Balaban J connectivity index is 1.53. The molecule has 0 radical (unpaired) electrons. The number of ether oxygens (including phenoxy) is 1. The highest BCUT2D eigenvalue weighted by molar-refractivity contribution is 5.89. The van der Waals surface area contributed by atoms with E-state index < -0.39 is 0 Å². The molecule has 2 aromatic carbocycles. The predicted octanol–water partition coefficient (Wildman–Crippen LogP) is 4.31. The third kappa shape index (κ3) is 2.54. The zero-order valence-electron chi connectivity index (χ0n) is 13.7. The molecule has 1 aliphatic heterocycles. The zero-order chi connectivity index (χ0) is 16.5. The van der Waals surface area contributed by atoms with Crippen molar-refractivity contribution in [2.24, 2.45) is 0 Å². The van der Waals surface area contributed by atoms with E-state index >= 15 is 0 Å². The van der Waals surface area contributed by atoms with Crippen LogP contribution in [0.3, 0.4) is 0 Å². The summed E-state index contributed by atoms with van der Waals surface area (Å²) in [7, 11) is 0. The average Bonchev–Trinajstić information content (AvgIpc) is 3.00. The molecule has 4 nitrogen and oxygen atoms in total. The molecule has 2 heterocycles. The molecule has 0 saturated carbocycles. The molecule has 0 fully saturated rings. The van der Waals surface area contributed by atoms with Gasteiger partial charge in [0.2, 0.25) is 0 Å². The molecule has 0 N–H and O–H groups in total. The lowest BCUT2D eigenvalue weighted by molar-refractivity contribution is 0.0904. The maximum absolute atomic E-state index is 12.5. The van der Waals surface area contributed by atoms with Gasteiger partial charge in [-0.1, -0.05) is 42.5 Å². The van der Waals surface area contributed by atoms with Crippen molar-refractivity contribution in [3.05, 3.63) is 71.4 Å². The Hall–Kier alpha value is -2.75. The van der Waals surface area contributed by atoms with E-state index in [2.05, 4.69) is 35.9 Å². The molecule has 4 rings (SSSR count). The average molecular weight is 320 g/mol. The molecular formula is C20H20N2O2. The molecule has 122 valence electrons. The summed E-state index contributed by atoms with van der Waals surface area (Å²) >= 11 is 0. The third-order valence-electron chi connectivity index (χ3n) is 4.60. The molecule has 0 atom stereocenters. The monoisotopic (exact) mass is 320 g/mol. The van der Waals surface area contributed by atoms with Gasteiger partial charge in [0.25, 0.3) is 0 Å². The van der Waals surface area contributed by atoms with Crippen LogP contribution in [0.15, 0.2) is 54.7 Å². The zero-order valence-corrected chi connectivity index (χ0v) is 13.7. The van der Waals surface area contributed by atoms with Gasteiger partial charge in [0.15, 0.2) is 0 Å². The summed E-state index contributed by atoms with van der Waals surface area (Å²) in [5.41, 5.74) is 4.65. The first-order valence-corrected chi connectivity index (χ1v) is 8.31. The number of hydrogen-bond acceptors (Lipinski definition) is 2. The largest absolute Gasteiger partial charge is 0.445 e. The lowest BCUT2D eigenvalue weighted by Gasteiger charge is -2.26. The summed E-state index contributed by atoms with van der Waals surface area (Å²) in [6, 6.07) is 16.1. The van der Waals surface area contributed by atoms with Gasteiger partial charge in [0.05, 0.1) is 13.1 Å². The smallest absolute Gasteiger partial charge is 0.410 e. The van der Waals surface area contributed by atoms with Crippen molar-refractivity contribution in [1.82, 2.24) is 9.47 Å². The summed E-state index contributed by atoms with van der Waals surface area (Å²) < 4.78 is 7.73. The molecule has 0 saturated heterocycles. The second-order valence-corrected chi connectivity index (χ2v) is 6.15. The Morgan fingerprint density at radius 3 is 2.62 bits per heavy atom. The van der Waals surface area contributed by atoms with Gasteiger partial charge in [-0.15, -0.1) is 0 Å². The number of hydrogen-bond donors (Lipinski definition) is 0. The van der Waals surface area contributed by atoms with Crippen LogP contribution in [0.5, 0.6) is 0 Å². The SMILES string of the molecule is CCn1cc2c3c(cccc31)CN(C(=O)OCc1ccccc1)C2. The van der Waals surface area contributed by atoms with Crippen molar-refractivity contribution in [1.29, 1.82) is 0 Å². The Labute approximate surface area is 141 Å². The number of rotatable bonds is 3. The minimum atomic E-state index is -0.259. The van der Waals surface area contributed by atoms with E-state index in [1.54, 1.807) is 4.90 Å². The lowest BCUT2D eigenvalue weighted by atomic mass is 10.0. The fourth-order valence-corrected chi connectivity index (χ4v) is 3.44. The topological polar surface area (TPSA) is 34.5 Å². The van der Waals surface area contributed by atoms with Gasteiger partial charge in [0, 0.05) is 23.6 Å². The van der Waals surface area contributed by atoms with Gasteiger partial charge in [-0.2, -0.15) is 0 Å². The number of nitrogens with zero attached hydrogens (tertiary/aromatic N) is 2. The molecule has 4 heteroatoms. The first kappa shape index (κ1) is 14.8. The van der Waals surface area contributed by atoms with Gasteiger partial charge < -0.3 is 9.30 Å². The van der Waals surface area contributed by atoms with E-state index in [0.717, 1.165) is 12.1 Å². The highest BCUT2D eigenvalue weighted by atomic mass is 16.6. The molecule has 24 heavy (non-hydrogen) atoms. The van der Waals surface area contributed by atoms with E-state index in [1.807, 2.05) is 30.3 Å². The van der Waals surface area contributed by atoms with E-state index in [1.165, 1.54) is 22.0 Å². The van der Waals surface area contributed by atoms with E-state index in [0.29, 0.717) is 19.7 Å². The van der Waals surface area contributed by atoms with Crippen LogP contribution in [0, 0.1) is 0 Å². The maximum Gasteiger partial charge on any atom is 0.410 e. The molecule has 1 aliphatic rings. The van der Waals surface area contributed by atoms with Gasteiger partial charge in [-0.05, 0) is 29.7 Å². The highest BCUT2D eigenvalue weighted by Crippen LogP contribution is 2.31. The Morgan fingerprint density at radius 1 is 1.04 bits per heavy atom. The van der Waals surface area contributed by atoms with Crippen molar-refractivity contribution >= 4 is 17.0 Å². The predicted molar refractivity (Wildman–Crippen MR) is 93.5 cm³/mol. The molecule has 0 unspecified atom stereocenters. The molecule has 0 bridgehead atoms. The van der Waals surface area contributed by atoms with E-state index in [9.17, 15) is 4.79 Å². The van der Waals surface area contributed by atoms with Crippen molar-refractivity contribution in [3.63, 3.8) is 0 Å². The van der Waals surface area contributed by atoms with Gasteiger partial charge in [0.1, 0.15) is 6.61 Å². The van der Waals surface area contributed by atoms with Crippen LogP contribution < -0.4 is 0 Å². The Kier molecular flexibility index (Phi) is 3.73. The van der Waals surface area contributed by atoms with Gasteiger partial charge in [-0.3, -0.25) is 4.90 Å². The molecule has 1 aromatic heterocycles. The standard InChI is InChI=1S/C20H20N2O2/c1-2-21-12-17-13-22(11-16-9-6-10-18(21)19(16)17)20(23)24-14-15-7-4-3-5-8-15/h3-10,12H,2,11,13-14H2,1H3. The summed E-state index contributed by atoms with van der Waals surface area (Å²) in [5.74, 6) is 0. The summed E-state index contributed by atoms with van der Waals surface area (Å²) in [5, 5.41) is 1.30. The first-order chi connectivity index (χ1) is 11.8. The fourth-order valence-electron chi connectivity index (χ4n) is 3.44. The van der Waals surface area contributed by atoms with Crippen LogP contribution in [-0.4, -0.2) is 15.6 Å². The second-order valence-electron chi connectivity index (χ2n) is 6.15. The van der Waals surface area contributed by atoms with Crippen LogP contribution in [0.2, 0.25) is 0 Å². The summed E-state index contributed by atoms with van der Waals surface area (Å²) in [4.78, 5) is 14.3. The lowest BCUT2D eigenvalue weighted by Crippen LogP contribution is -2.32. The number of carbonyl (C=O) groups is 1. The van der Waals surface area contributed by atoms with Crippen LogP contribution in [0.25, 0.3) is 10.9 Å². The molecule has 0 aliphatic carbocycles. The molecule has 0 spiro atoms. The van der Waals surface area contributed by atoms with Crippen LogP contribution in [0.4, 0.5) is 4.79 Å². The van der Waals surface area contributed by atoms with Crippen molar-refractivity contribution in [2.45, 2.75) is 33.2 Å². The maximum atomic E-state index is 12.5. The fraction of sp³-hybridized carbons (Fsp3) is 0.250. The number of aryl methyl sites for hydroxylation is 1. The van der Waals surface area contributed by atoms with Gasteiger partial charge >= 0.3 is 6.09 Å². The van der Waals surface area contributed by atoms with E-state index in [-0.39, 0.29) is 6.09 Å². The van der Waals surface area contributed by atoms with Crippen LogP contribution in [0.1, 0.15) is 23.6 Å². The van der Waals surface area contributed by atoms with E-state index in [4.69, 9.17) is 4.74 Å². The molecular weight excluding hydrogens is 300 g/mol. The van der Waals surface area contributed by atoms with Crippen molar-refractivity contribution in [3.8, 4) is 0 Å². The van der Waals surface area contributed by atoms with Gasteiger partial charge in [-0.25, -0.2) is 4.79 Å². The molecule has 3 aromatic rings. The van der Waals surface area contributed by atoms with Crippen molar-refractivity contribution < 1.29 is 9.53 Å². The first-order valence-electron chi connectivity index (χ1n) is 8.31. The minimum absolute atomic E-state index is 0.259. The van der Waals surface area contributed by atoms with Crippen LogP contribution >= 0.6 is 0 Å². The van der Waals surface area contributed by atoms with Crippen molar-refractivity contribution in [2.75, 3.05) is 0 Å². The second kappa shape index (κ2) is 6.04. The number of carbonyl (C=O) groups excluding carboxylic acids is 1. The highest BCUT2D eigenvalue weighted by Gasteiger charge is 2.25. The minimum Gasteiger partial charge on any atom is -0.445 e. The number of benzene rings is 2. The normalized spacial score (nSPS) is 13.3. The van der Waals surface area contributed by atoms with Crippen LogP contribution in [-0.2, 0) is 31.0 Å². The third-order valence-corrected chi connectivity index (χ3v) is 4.60. The molecule has 1 amide bonds. The summed E-state index contributed by atoms with van der Waals surface area (Å²) in [6.07, 6.45) is 1.90. The number of amides is 1. The number of aromatic nitrogens is 1. The Morgan fingerprint density at radius 2 is 1.83 bits per heavy atom. The summed E-state index contributed by atoms with van der Waals surface area (Å²) in [6.45, 7) is 4.58. The quantitative estimate of drug-likeness (QED) is 0.720. The Bertz CT molecular complexity index is 883.